The number of benzene rings is 1. The Kier molecular flexibility index (Phi) is 4.48. The van der Waals surface area contributed by atoms with E-state index in [1.165, 1.54) is 18.4 Å². The molecule has 118 valence electrons. The van der Waals surface area contributed by atoms with Gasteiger partial charge in [-0.15, -0.1) is 0 Å². The Morgan fingerprint density at radius 1 is 1.41 bits per heavy atom. The predicted molar refractivity (Wildman–Crippen MR) is 89.3 cm³/mol. The maximum atomic E-state index is 5.56. The minimum Gasteiger partial charge on any atom is -0.496 e. The van der Waals surface area contributed by atoms with E-state index in [0.717, 1.165) is 30.2 Å². The summed E-state index contributed by atoms with van der Waals surface area (Å²) in [4.78, 5) is 4.59. The molecule has 2 aromatic rings. The van der Waals surface area contributed by atoms with Gasteiger partial charge >= 0.3 is 0 Å². The molecule has 1 aliphatic heterocycles. The van der Waals surface area contributed by atoms with Gasteiger partial charge in [-0.25, -0.2) is 4.98 Å². The average molecular weight is 299 g/mol. The van der Waals surface area contributed by atoms with Crippen molar-refractivity contribution in [3.8, 4) is 17.1 Å². The normalized spacial score (nSPS) is 18.1. The van der Waals surface area contributed by atoms with Crippen LogP contribution < -0.4 is 10.1 Å². The second-order valence-electron chi connectivity index (χ2n) is 6.31. The van der Waals surface area contributed by atoms with Crippen molar-refractivity contribution >= 4 is 0 Å². The van der Waals surface area contributed by atoms with E-state index in [1.54, 1.807) is 7.11 Å². The molecule has 1 N–H and O–H groups in total. The van der Waals surface area contributed by atoms with Gasteiger partial charge in [-0.3, -0.25) is 0 Å². The number of hydrogen-bond donors (Lipinski definition) is 1. The SMILES string of the molecule is COc1ccc(C(C)C)cc1-c1nccn1C[C@H]1CCCN1. The lowest BCUT2D eigenvalue weighted by molar-refractivity contribution is 0.415. The van der Waals surface area contributed by atoms with E-state index in [1.807, 2.05) is 6.20 Å². The summed E-state index contributed by atoms with van der Waals surface area (Å²) >= 11 is 0. The second kappa shape index (κ2) is 6.53. The van der Waals surface area contributed by atoms with Gasteiger partial charge in [0.1, 0.15) is 11.6 Å². The second-order valence-corrected chi connectivity index (χ2v) is 6.31. The molecule has 1 aromatic carbocycles. The molecule has 0 unspecified atom stereocenters. The predicted octanol–water partition coefficient (Wildman–Crippen LogP) is 3.43. The molecule has 0 amide bonds. The Morgan fingerprint density at radius 3 is 2.95 bits per heavy atom. The van der Waals surface area contributed by atoms with Crippen LogP contribution >= 0.6 is 0 Å². The first-order valence-corrected chi connectivity index (χ1v) is 8.12. The number of nitrogens with one attached hydrogen (secondary N) is 1. The molecule has 3 rings (SSSR count). The zero-order valence-corrected chi connectivity index (χ0v) is 13.7. The first kappa shape index (κ1) is 15.1. The van der Waals surface area contributed by atoms with E-state index in [-0.39, 0.29) is 0 Å². The van der Waals surface area contributed by atoms with Crippen LogP contribution in [0.25, 0.3) is 11.4 Å². The Morgan fingerprint density at radius 2 is 2.27 bits per heavy atom. The van der Waals surface area contributed by atoms with Crippen molar-refractivity contribution in [2.24, 2.45) is 0 Å². The number of methoxy groups -OCH3 is 1. The summed E-state index contributed by atoms with van der Waals surface area (Å²) in [6.07, 6.45) is 6.45. The van der Waals surface area contributed by atoms with Gasteiger partial charge in [-0.1, -0.05) is 19.9 Å². The van der Waals surface area contributed by atoms with Gasteiger partial charge in [0.05, 0.1) is 12.7 Å². The topological polar surface area (TPSA) is 39.1 Å². The molecule has 1 aliphatic rings. The number of aromatic nitrogens is 2. The molecular weight excluding hydrogens is 274 g/mol. The van der Waals surface area contributed by atoms with Crippen LogP contribution in [0.15, 0.2) is 30.6 Å². The Labute approximate surface area is 132 Å². The standard InChI is InChI=1S/C18H25N3O/c1-13(2)14-6-7-17(22-3)16(11-14)18-20-9-10-21(18)12-15-5-4-8-19-15/h6-7,9-11,13,15,19H,4-5,8,12H2,1-3H3/t15-/m1/s1. The van der Waals surface area contributed by atoms with Crippen LogP contribution in [0.4, 0.5) is 0 Å². The fourth-order valence-corrected chi connectivity index (χ4v) is 3.11. The van der Waals surface area contributed by atoms with Crippen molar-refractivity contribution < 1.29 is 4.74 Å². The van der Waals surface area contributed by atoms with Crippen LogP contribution in [0.1, 0.15) is 38.2 Å². The lowest BCUT2D eigenvalue weighted by Gasteiger charge is -2.16. The molecule has 1 atom stereocenters. The Balaban J connectivity index is 1.96. The number of rotatable bonds is 5. The number of hydrogen-bond acceptors (Lipinski definition) is 3. The molecule has 4 heteroatoms. The van der Waals surface area contributed by atoms with Crippen molar-refractivity contribution in [3.05, 3.63) is 36.2 Å². The molecule has 4 nitrogen and oxygen atoms in total. The number of imidazole rings is 1. The molecule has 22 heavy (non-hydrogen) atoms. The van der Waals surface area contributed by atoms with Crippen LogP contribution in [0.2, 0.25) is 0 Å². The quantitative estimate of drug-likeness (QED) is 0.919. The maximum absolute atomic E-state index is 5.56. The molecular formula is C18H25N3O. The highest BCUT2D eigenvalue weighted by Gasteiger charge is 2.18. The molecule has 2 heterocycles. The third-order valence-electron chi connectivity index (χ3n) is 4.43. The van der Waals surface area contributed by atoms with Gasteiger partial charge in [-0.05, 0) is 43.0 Å². The van der Waals surface area contributed by atoms with E-state index >= 15 is 0 Å². The van der Waals surface area contributed by atoms with Crippen LogP contribution in [0, 0.1) is 0 Å². The minimum absolute atomic E-state index is 0.490. The van der Waals surface area contributed by atoms with Crippen LogP contribution in [0.5, 0.6) is 5.75 Å². The molecule has 1 aromatic heterocycles. The van der Waals surface area contributed by atoms with Crippen molar-refractivity contribution in [1.29, 1.82) is 0 Å². The van der Waals surface area contributed by atoms with E-state index in [4.69, 9.17) is 4.74 Å². The molecule has 1 fully saturated rings. The third-order valence-corrected chi connectivity index (χ3v) is 4.43. The highest BCUT2D eigenvalue weighted by Crippen LogP contribution is 2.32. The van der Waals surface area contributed by atoms with Gasteiger partial charge in [0.2, 0.25) is 0 Å². The first-order valence-electron chi connectivity index (χ1n) is 8.12. The summed E-state index contributed by atoms with van der Waals surface area (Å²) in [7, 11) is 1.72. The van der Waals surface area contributed by atoms with E-state index in [9.17, 15) is 0 Å². The lowest BCUT2D eigenvalue weighted by Crippen LogP contribution is -2.26. The van der Waals surface area contributed by atoms with E-state index in [0.29, 0.717) is 12.0 Å². The van der Waals surface area contributed by atoms with E-state index < -0.39 is 0 Å². The van der Waals surface area contributed by atoms with E-state index in [2.05, 4.69) is 53.1 Å². The Bertz CT molecular complexity index is 627. The third kappa shape index (κ3) is 3.02. The summed E-state index contributed by atoms with van der Waals surface area (Å²) in [5.74, 6) is 2.37. The van der Waals surface area contributed by atoms with Gasteiger partial charge in [-0.2, -0.15) is 0 Å². The van der Waals surface area contributed by atoms with Crippen molar-refractivity contribution in [1.82, 2.24) is 14.9 Å². The highest BCUT2D eigenvalue weighted by atomic mass is 16.5. The molecule has 0 spiro atoms. The molecule has 1 saturated heterocycles. The maximum Gasteiger partial charge on any atom is 0.143 e. The van der Waals surface area contributed by atoms with Gasteiger partial charge < -0.3 is 14.6 Å². The summed E-state index contributed by atoms with van der Waals surface area (Å²) < 4.78 is 7.80. The fourth-order valence-electron chi connectivity index (χ4n) is 3.11. The zero-order valence-electron chi connectivity index (χ0n) is 13.7. The Hall–Kier alpha value is -1.81. The molecule has 0 aliphatic carbocycles. The van der Waals surface area contributed by atoms with Gasteiger partial charge in [0, 0.05) is 25.0 Å². The number of nitrogens with zero attached hydrogens (tertiary/aromatic N) is 2. The molecule has 0 bridgehead atoms. The fraction of sp³-hybridized carbons (Fsp3) is 0.500. The van der Waals surface area contributed by atoms with Crippen molar-refractivity contribution in [2.45, 2.75) is 45.2 Å². The van der Waals surface area contributed by atoms with Crippen molar-refractivity contribution in [3.63, 3.8) is 0 Å². The zero-order chi connectivity index (χ0) is 15.5. The van der Waals surface area contributed by atoms with Crippen LogP contribution in [-0.2, 0) is 6.54 Å². The van der Waals surface area contributed by atoms with Crippen LogP contribution in [0.3, 0.4) is 0 Å². The van der Waals surface area contributed by atoms with Crippen molar-refractivity contribution in [2.75, 3.05) is 13.7 Å². The summed E-state index contributed by atoms with van der Waals surface area (Å²) in [6.45, 7) is 6.51. The minimum atomic E-state index is 0.490. The molecule has 0 saturated carbocycles. The smallest absolute Gasteiger partial charge is 0.143 e. The largest absolute Gasteiger partial charge is 0.496 e. The average Bonchev–Trinajstić information content (AvgIpc) is 3.18. The monoisotopic (exact) mass is 299 g/mol. The summed E-state index contributed by atoms with van der Waals surface area (Å²) in [6, 6.07) is 6.95. The van der Waals surface area contributed by atoms with Crippen LogP contribution in [-0.4, -0.2) is 29.2 Å². The van der Waals surface area contributed by atoms with Gasteiger partial charge in [0.25, 0.3) is 0 Å². The molecule has 0 radical (unpaired) electrons. The van der Waals surface area contributed by atoms with Gasteiger partial charge in [0.15, 0.2) is 0 Å². The summed E-state index contributed by atoms with van der Waals surface area (Å²) in [5, 5.41) is 3.55. The highest BCUT2D eigenvalue weighted by molar-refractivity contribution is 5.66. The number of ether oxygens (including phenoxy) is 1. The summed E-state index contributed by atoms with van der Waals surface area (Å²) in [5.41, 5.74) is 2.39. The lowest BCUT2D eigenvalue weighted by atomic mass is 10.00. The first-order chi connectivity index (χ1) is 10.7.